The molecule has 2 unspecified atom stereocenters. The van der Waals surface area contributed by atoms with Gasteiger partial charge in [0.2, 0.25) is 0 Å². The summed E-state index contributed by atoms with van der Waals surface area (Å²) in [5, 5.41) is 11.6. The number of nitriles is 1. The maximum Gasteiger partial charge on any atom is 0.351 e. The molecule has 0 aliphatic carbocycles. The van der Waals surface area contributed by atoms with Crippen molar-refractivity contribution in [1.29, 1.82) is 5.26 Å². The van der Waals surface area contributed by atoms with Crippen molar-refractivity contribution in [2.75, 3.05) is 11.9 Å². The van der Waals surface area contributed by atoms with Crippen molar-refractivity contribution in [1.82, 2.24) is 14.2 Å². The van der Waals surface area contributed by atoms with Gasteiger partial charge in [0.15, 0.2) is 0 Å². The van der Waals surface area contributed by atoms with E-state index in [-0.39, 0.29) is 49.0 Å². The van der Waals surface area contributed by atoms with Gasteiger partial charge < -0.3 is 19.1 Å². The zero-order chi connectivity index (χ0) is 26.9. The first-order valence-electron chi connectivity index (χ1n) is 12.6. The monoisotopic (exact) mass is 529 g/mol. The lowest BCUT2D eigenvalue weighted by atomic mass is 10.1. The van der Waals surface area contributed by atoms with Gasteiger partial charge in [-0.15, -0.1) is 0 Å². The predicted molar refractivity (Wildman–Crippen MR) is 142 cm³/mol. The minimum absolute atomic E-state index is 0.173. The van der Waals surface area contributed by atoms with Crippen LogP contribution >= 0.6 is 8.53 Å². The third-order valence-electron chi connectivity index (χ3n) is 5.89. The smallest absolute Gasteiger partial charge is 0.351 e. The summed E-state index contributed by atoms with van der Waals surface area (Å²) in [4.78, 5) is 29.3. The summed E-state index contributed by atoms with van der Waals surface area (Å²) in [5.74, 6) is -0.168. The predicted octanol–water partition coefficient (Wildman–Crippen LogP) is 4.85. The van der Waals surface area contributed by atoms with Gasteiger partial charge in [-0.2, -0.15) is 10.2 Å². The number of carbonyl (C=O) groups excluding carboxylic acids is 1. The average Bonchev–Trinajstić information content (AvgIpc) is 3.26. The molecule has 1 aromatic heterocycles. The maximum atomic E-state index is 12.9. The highest BCUT2D eigenvalue weighted by Crippen LogP contribution is 2.50. The zero-order valence-electron chi connectivity index (χ0n) is 22.0. The van der Waals surface area contributed by atoms with Crippen LogP contribution in [0.15, 0.2) is 47.4 Å². The minimum atomic E-state index is -1.44. The second kappa shape index (κ2) is 13.8. The van der Waals surface area contributed by atoms with Crippen LogP contribution in [0.1, 0.15) is 70.5 Å². The van der Waals surface area contributed by atoms with E-state index in [1.54, 1.807) is 36.5 Å². The Hall–Kier alpha value is -2.67. The lowest BCUT2D eigenvalue weighted by molar-refractivity contribution is -0.0200. The number of benzene rings is 1. The van der Waals surface area contributed by atoms with Crippen molar-refractivity contribution in [3.8, 4) is 6.07 Å². The van der Waals surface area contributed by atoms with Gasteiger partial charge in [0, 0.05) is 30.3 Å². The second-order valence-corrected chi connectivity index (χ2v) is 10.7. The van der Waals surface area contributed by atoms with Crippen LogP contribution in [-0.2, 0) is 13.8 Å². The van der Waals surface area contributed by atoms with Gasteiger partial charge in [-0.25, -0.2) is 9.46 Å². The molecular formula is C26H36N5O5P. The number of carbonyl (C=O) groups is 1. The SMILES string of the molecule is CC[C@H]1O[C@@H](n2ccc(NC(=O)c3ccccc3)nc2=O)CC1OP(OCCC#N)N(C(C)C)C(C)C. The molecule has 200 valence electrons. The molecule has 1 fully saturated rings. The number of nitrogens with one attached hydrogen (secondary N) is 1. The van der Waals surface area contributed by atoms with E-state index in [1.165, 1.54) is 4.57 Å². The van der Waals surface area contributed by atoms with Gasteiger partial charge >= 0.3 is 5.69 Å². The van der Waals surface area contributed by atoms with Crippen molar-refractivity contribution in [2.45, 2.75) is 84.4 Å². The molecule has 0 spiro atoms. The maximum absolute atomic E-state index is 12.9. The molecule has 1 aliphatic rings. The minimum Gasteiger partial charge on any atom is -0.352 e. The van der Waals surface area contributed by atoms with Crippen LogP contribution in [0.5, 0.6) is 0 Å². The Morgan fingerprint density at radius 1 is 1.27 bits per heavy atom. The number of hydrogen-bond donors (Lipinski definition) is 1. The number of hydrogen-bond acceptors (Lipinski definition) is 8. The number of ether oxygens (including phenoxy) is 1. The molecule has 2 aromatic rings. The molecule has 3 rings (SSSR count). The van der Waals surface area contributed by atoms with Crippen LogP contribution in [0.3, 0.4) is 0 Å². The molecule has 1 N–H and O–H groups in total. The first-order chi connectivity index (χ1) is 17.7. The van der Waals surface area contributed by atoms with Crippen LogP contribution in [0, 0.1) is 11.3 Å². The number of rotatable bonds is 12. The Morgan fingerprint density at radius 3 is 2.57 bits per heavy atom. The molecule has 37 heavy (non-hydrogen) atoms. The molecule has 0 saturated carbocycles. The summed E-state index contributed by atoms with van der Waals surface area (Å²) in [6, 6.07) is 12.8. The summed E-state index contributed by atoms with van der Waals surface area (Å²) < 4.78 is 22.3. The third kappa shape index (κ3) is 7.67. The molecule has 0 radical (unpaired) electrons. The van der Waals surface area contributed by atoms with Crippen molar-refractivity contribution in [3.63, 3.8) is 0 Å². The van der Waals surface area contributed by atoms with Gasteiger partial charge in [0.05, 0.1) is 31.3 Å². The van der Waals surface area contributed by atoms with Crippen molar-refractivity contribution in [3.05, 3.63) is 58.6 Å². The molecule has 2 heterocycles. The standard InChI is InChI=1S/C26H36N5O5P/c1-6-21-22(36-37(34-16-10-14-27)31(18(2)3)19(4)5)17-24(35-21)30-15-13-23(29-26(30)33)28-25(32)20-11-8-7-9-12-20/h7-9,11-13,15,18-19,21-22,24H,6,10,16-17H2,1-5H3,(H,28,29,32,33)/t21-,22?,24-,37?/m1/s1. The quantitative estimate of drug-likeness (QED) is 0.306. The first-order valence-corrected chi connectivity index (χ1v) is 13.7. The Kier molecular flexibility index (Phi) is 10.7. The van der Waals surface area contributed by atoms with Gasteiger partial charge in [0.25, 0.3) is 14.4 Å². The van der Waals surface area contributed by atoms with Crippen molar-refractivity contribution >= 4 is 20.3 Å². The van der Waals surface area contributed by atoms with E-state index in [1.807, 2.05) is 13.0 Å². The van der Waals surface area contributed by atoms with E-state index in [0.717, 1.165) is 0 Å². The van der Waals surface area contributed by atoms with Gasteiger partial charge in [-0.05, 0) is 52.3 Å². The van der Waals surface area contributed by atoms with Crippen LogP contribution < -0.4 is 11.0 Å². The third-order valence-corrected chi connectivity index (χ3v) is 8.04. The molecular weight excluding hydrogens is 493 g/mol. The molecule has 0 bridgehead atoms. The largest absolute Gasteiger partial charge is 0.352 e. The van der Waals surface area contributed by atoms with Crippen LogP contribution in [0.2, 0.25) is 0 Å². The topological polar surface area (TPSA) is 119 Å². The zero-order valence-corrected chi connectivity index (χ0v) is 22.9. The van der Waals surface area contributed by atoms with Crippen LogP contribution in [0.25, 0.3) is 0 Å². The first kappa shape index (κ1) is 28.9. The fourth-order valence-electron chi connectivity index (χ4n) is 4.23. The summed E-state index contributed by atoms with van der Waals surface area (Å²) in [5.41, 5.74) is -0.0476. The Labute approximate surface area is 219 Å². The van der Waals surface area contributed by atoms with E-state index in [2.05, 4.69) is 48.7 Å². The van der Waals surface area contributed by atoms with E-state index < -0.39 is 20.4 Å². The fraction of sp³-hybridized carbons (Fsp3) is 0.538. The van der Waals surface area contributed by atoms with Gasteiger partial charge in [-0.1, -0.05) is 25.1 Å². The highest BCUT2D eigenvalue weighted by Gasteiger charge is 2.40. The summed E-state index contributed by atoms with van der Waals surface area (Å²) in [6.45, 7) is 10.6. The van der Waals surface area contributed by atoms with E-state index >= 15 is 0 Å². The lowest BCUT2D eigenvalue weighted by Gasteiger charge is -2.37. The molecule has 1 saturated heterocycles. The molecule has 4 atom stereocenters. The highest BCUT2D eigenvalue weighted by molar-refractivity contribution is 7.44. The van der Waals surface area contributed by atoms with Crippen molar-refractivity contribution in [2.24, 2.45) is 0 Å². The molecule has 10 nitrogen and oxygen atoms in total. The van der Waals surface area contributed by atoms with Gasteiger partial charge in [0.1, 0.15) is 12.0 Å². The average molecular weight is 530 g/mol. The van der Waals surface area contributed by atoms with E-state index in [4.69, 9.17) is 19.0 Å². The molecule has 1 amide bonds. The Balaban J connectivity index is 1.73. The van der Waals surface area contributed by atoms with Crippen molar-refractivity contribution < 1.29 is 18.6 Å². The molecule has 1 aromatic carbocycles. The fourth-order valence-corrected chi connectivity index (χ4v) is 5.99. The number of anilines is 1. The highest BCUT2D eigenvalue weighted by atomic mass is 31.2. The van der Waals surface area contributed by atoms with Crippen LogP contribution in [-0.4, -0.2) is 51.0 Å². The summed E-state index contributed by atoms with van der Waals surface area (Å²) in [7, 11) is -1.44. The summed E-state index contributed by atoms with van der Waals surface area (Å²) in [6.07, 6.45) is 1.90. The number of aromatic nitrogens is 2. The Morgan fingerprint density at radius 2 is 1.97 bits per heavy atom. The summed E-state index contributed by atoms with van der Waals surface area (Å²) >= 11 is 0. The number of amides is 1. The lowest BCUT2D eigenvalue weighted by Crippen LogP contribution is -2.35. The number of nitrogens with zero attached hydrogens (tertiary/aromatic N) is 4. The molecule has 11 heteroatoms. The van der Waals surface area contributed by atoms with E-state index in [9.17, 15) is 9.59 Å². The van der Waals surface area contributed by atoms with E-state index in [0.29, 0.717) is 18.4 Å². The second-order valence-electron chi connectivity index (χ2n) is 9.29. The Bertz CT molecular complexity index is 1110. The van der Waals surface area contributed by atoms with Crippen LogP contribution in [0.4, 0.5) is 5.82 Å². The van der Waals surface area contributed by atoms with Gasteiger partial charge in [-0.3, -0.25) is 9.36 Å². The molecule has 1 aliphatic heterocycles. The normalized spacial score (nSPS) is 20.4.